The molecule has 102 valence electrons. The number of rotatable bonds is 6. The van der Waals surface area contributed by atoms with Gasteiger partial charge in [0, 0.05) is 25.2 Å². The molecular weight excluding hydrogens is 216 g/mol. The standard InChI is InChI=1S/C13H28N2O2/c1-10(8-11(2)16)15-13(9-14)6-4-12(17-3)5-7-13/h10-12,15-16H,4-9,14H2,1-3H3. The number of nitrogens with two attached hydrogens (primary N) is 1. The molecule has 4 nitrogen and oxygen atoms in total. The van der Waals surface area contributed by atoms with Crippen molar-refractivity contribution in [2.45, 2.75) is 69.7 Å². The second kappa shape index (κ2) is 6.69. The van der Waals surface area contributed by atoms with E-state index in [4.69, 9.17) is 10.5 Å². The number of ether oxygens (including phenoxy) is 1. The zero-order chi connectivity index (χ0) is 12.9. The van der Waals surface area contributed by atoms with Crippen LogP contribution in [-0.4, -0.2) is 42.5 Å². The molecular formula is C13H28N2O2. The lowest BCUT2D eigenvalue weighted by Crippen LogP contribution is -2.57. The summed E-state index contributed by atoms with van der Waals surface area (Å²) in [5.74, 6) is 0. The zero-order valence-corrected chi connectivity index (χ0v) is 11.4. The van der Waals surface area contributed by atoms with Crippen LogP contribution in [0, 0.1) is 0 Å². The molecule has 4 N–H and O–H groups in total. The van der Waals surface area contributed by atoms with E-state index in [2.05, 4.69) is 12.2 Å². The first-order valence-corrected chi connectivity index (χ1v) is 6.70. The predicted molar refractivity (Wildman–Crippen MR) is 69.9 cm³/mol. The average molecular weight is 244 g/mol. The maximum Gasteiger partial charge on any atom is 0.0572 e. The van der Waals surface area contributed by atoms with Gasteiger partial charge in [-0.1, -0.05) is 0 Å². The van der Waals surface area contributed by atoms with E-state index in [-0.39, 0.29) is 11.6 Å². The van der Waals surface area contributed by atoms with Crippen LogP contribution in [0.4, 0.5) is 0 Å². The number of methoxy groups -OCH3 is 1. The quantitative estimate of drug-likeness (QED) is 0.652. The van der Waals surface area contributed by atoms with Gasteiger partial charge in [0.2, 0.25) is 0 Å². The summed E-state index contributed by atoms with van der Waals surface area (Å²) in [5, 5.41) is 13.0. The molecule has 0 aromatic rings. The lowest BCUT2D eigenvalue weighted by atomic mass is 9.79. The van der Waals surface area contributed by atoms with Crippen molar-refractivity contribution in [2.75, 3.05) is 13.7 Å². The molecule has 1 rings (SSSR count). The molecule has 0 radical (unpaired) electrons. The third kappa shape index (κ3) is 4.54. The number of aliphatic hydroxyl groups is 1. The lowest BCUT2D eigenvalue weighted by Gasteiger charge is -2.42. The molecule has 1 aliphatic carbocycles. The molecule has 17 heavy (non-hydrogen) atoms. The van der Waals surface area contributed by atoms with E-state index in [1.807, 2.05) is 6.92 Å². The van der Waals surface area contributed by atoms with Gasteiger partial charge in [-0.05, 0) is 46.0 Å². The minimum atomic E-state index is -0.261. The summed E-state index contributed by atoms with van der Waals surface area (Å²) in [6.07, 6.45) is 5.17. The molecule has 0 amide bonds. The summed E-state index contributed by atoms with van der Waals surface area (Å²) in [5.41, 5.74) is 5.98. The van der Waals surface area contributed by atoms with Crippen LogP contribution in [0.15, 0.2) is 0 Å². The fraction of sp³-hybridized carbons (Fsp3) is 1.00. The normalized spacial score (nSPS) is 33.4. The maximum atomic E-state index is 9.40. The third-order valence-corrected chi connectivity index (χ3v) is 3.86. The number of hydrogen-bond acceptors (Lipinski definition) is 4. The molecule has 1 saturated carbocycles. The Morgan fingerprint density at radius 2 is 2.00 bits per heavy atom. The summed E-state index contributed by atoms with van der Waals surface area (Å²) in [4.78, 5) is 0. The summed E-state index contributed by atoms with van der Waals surface area (Å²) in [7, 11) is 1.78. The molecule has 2 atom stereocenters. The van der Waals surface area contributed by atoms with Gasteiger partial charge in [0.1, 0.15) is 0 Å². The SMILES string of the molecule is COC1CCC(CN)(NC(C)CC(C)O)CC1. The van der Waals surface area contributed by atoms with Crippen molar-refractivity contribution >= 4 is 0 Å². The monoisotopic (exact) mass is 244 g/mol. The maximum absolute atomic E-state index is 9.40. The molecule has 0 aliphatic heterocycles. The van der Waals surface area contributed by atoms with Crippen LogP contribution in [0.3, 0.4) is 0 Å². The fourth-order valence-electron chi connectivity index (χ4n) is 2.88. The molecule has 0 heterocycles. The highest BCUT2D eigenvalue weighted by Gasteiger charge is 2.35. The van der Waals surface area contributed by atoms with Gasteiger partial charge in [-0.3, -0.25) is 0 Å². The second-order valence-corrected chi connectivity index (χ2v) is 5.55. The molecule has 2 unspecified atom stereocenters. The van der Waals surface area contributed by atoms with E-state index in [1.165, 1.54) is 0 Å². The van der Waals surface area contributed by atoms with Crippen molar-refractivity contribution in [3.05, 3.63) is 0 Å². The van der Waals surface area contributed by atoms with Gasteiger partial charge in [0.05, 0.1) is 12.2 Å². The van der Waals surface area contributed by atoms with Gasteiger partial charge >= 0.3 is 0 Å². The van der Waals surface area contributed by atoms with E-state index in [1.54, 1.807) is 7.11 Å². The first-order chi connectivity index (χ1) is 8.01. The van der Waals surface area contributed by atoms with E-state index in [0.29, 0.717) is 18.7 Å². The highest BCUT2D eigenvalue weighted by molar-refractivity contribution is 4.95. The van der Waals surface area contributed by atoms with Crippen molar-refractivity contribution in [1.29, 1.82) is 0 Å². The van der Waals surface area contributed by atoms with Gasteiger partial charge < -0.3 is 20.9 Å². The highest BCUT2D eigenvalue weighted by atomic mass is 16.5. The van der Waals surface area contributed by atoms with Gasteiger partial charge in [-0.25, -0.2) is 0 Å². The minimum Gasteiger partial charge on any atom is -0.393 e. The van der Waals surface area contributed by atoms with Crippen molar-refractivity contribution in [1.82, 2.24) is 5.32 Å². The number of hydrogen-bond donors (Lipinski definition) is 3. The zero-order valence-electron chi connectivity index (χ0n) is 11.4. The Balaban J connectivity index is 2.47. The van der Waals surface area contributed by atoms with Crippen LogP contribution in [0.5, 0.6) is 0 Å². The molecule has 0 aromatic carbocycles. The van der Waals surface area contributed by atoms with Crippen LogP contribution < -0.4 is 11.1 Å². The van der Waals surface area contributed by atoms with Gasteiger partial charge in [-0.2, -0.15) is 0 Å². The number of aliphatic hydroxyl groups excluding tert-OH is 1. The largest absolute Gasteiger partial charge is 0.393 e. The van der Waals surface area contributed by atoms with E-state index < -0.39 is 0 Å². The van der Waals surface area contributed by atoms with Crippen LogP contribution in [0.2, 0.25) is 0 Å². The molecule has 0 spiro atoms. The smallest absolute Gasteiger partial charge is 0.0572 e. The summed E-state index contributed by atoms with van der Waals surface area (Å²) >= 11 is 0. The molecule has 4 heteroatoms. The van der Waals surface area contributed by atoms with Gasteiger partial charge in [0.25, 0.3) is 0 Å². The Morgan fingerprint density at radius 1 is 1.41 bits per heavy atom. The van der Waals surface area contributed by atoms with Crippen molar-refractivity contribution in [3.63, 3.8) is 0 Å². The summed E-state index contributed by atoms with van der Waals surface area (Å²) in [6, 6.07) is 0.303. The van der Waals surface area contributed by atoms with E-state index in [9.17, 15) is 5.11 Å². The highest BCUT2D eigenvalue weighted by Crippen LogP contribution is 2.29. The van der Waals surface area contributed by atoms with Crippen molar-refractivity contribution in [2.24, 2.45) is 5.73 Å². The van der Waals surface area contributed by atoms with Gasteiger partial charge in [0.15, 0.2) is 0 Å². The van der Waals surface area contributed by atoms with Crippen LogP contribution in [0.25, 0.3) is 0 Å². The first kappa shape index (κ1) is 14.9. The molecule has 1 aliphatic rings. The van der Waals surface area contributed by atoms with Gasteiger partial charge in [-0.15, -0.1) is 0 Å². The molecule has 0 saturated heterocycles. The van der Waals surface area contributed by atoms with Crippen molar-refractivity contribution in [3.8, 4) is 0 Å². The molecule has 0 aromatic heterocycles. The second-order valence-electron chi connectivity index (χ2n) is 5.55. The minimum absolute atomic E-state index is 0.0450. The Bertz CT molecular complexity index is 213. The first-order valence-electron chi connectivity index (χ1n) is 6.70. The Kier molecular flexibility index (Phi) is 5.86. The van der Waals surface area contributed by atoms with E-state index in [0.717, 1.165) is 32.1 Å². The van der Waals surface area contributed by atoms with Crippen LogP contribution in [-0.2, 0) is 4.74 Å². The lowest BCUT2D eigenvalue weighted by molar-refractivity contribution is 0.0386. The Morgan fingerprint density at radius 3 is 2.41 bits per heavy atom. The van der Waals surface area contributed by atoms with E-state index >= 15 is 0 Å². The molecule has 0 bridgehead atoms. The Hall–Kier alpha value is -0.160. The average Bonchev–Trinajstić information content (AvgIpc) is 2.29. The summed E-state index contributed by atoms with van der Waals surface area (Å²) < 4.78 is 5.39. The third-order valence-electron chi connectivity index (χ3n) is 3.86. The predicted octanol–water partition coefficient (Wildman–Crippen LogP) is 1.02. The Labute approximate surface area is 105 Å². The van der Waals surface area contributed by atoms with Crippen LogP contribution >= 0.6 is 0 Å². The van der Waals surface area contributed by atoms with Crippen molar-refractivity contribution < 1.29 is 9.84 Å². The topological polar surface area (TPSA) is 67.5 Å². The number of nitrogens with one attached hydrogen (secondary N) is 1. The summed E-state index contributed by atoms with van der Waals surface area (Å²) in [6.45, 7) is 4.61. The fourth-order valence-corrected chi connectivity index (χ4v) is 2.88. The van der Waals surface area contributed by atoms with Crippen LogP contribution in [0.1, 0.15) is 46.0 Å². The molecule has 1 fully saturated rings.